The lowest BCUT2D eigenvalue weighted by Crippen LogP contribution is -2.18. The van der Waals surface area contributed by atoms with E-state index in [2.05, 4.69) is 15.0 Å². The predicted molar refractivity (Wildman–Crippen MR) is 152 cm³/mol. The molecule has 0 N–H and O–H groups in total. The standard InChI is InChI=1S/C32H20N6O/c39-28-13-4-6-19-38(28)32-30(27-20-33-17-18-35-27)29-22(25-12-3-5-16-34-25)9-7-10-23(29)31(37-32)26-15-14-21-8-1-2-11-24(21)36-26/h1-20H. The molecule has 5 heterocycles. The largest absolute Gasteiger partial charge is 0.269 e. The quantitative estimate of drug-likeness (QED) is 0.287. The Morgan fingerprint density at radius 1 is 0.641 bits per heavy atom. The molecule has 0 aliphatic rings. The predicted octanol–water partition coefficient (Wildman–Crippen LogP) is 6.12. The van der Waals surface area contributed by atoms with Gasteiger partial charge < -0.3 is 0 Å². The van der Waals surface area contributed by atoms with Crippen LogP contribution in [0.5, 0.6) is 0 Å². The van der Waals surface area contributed by atoms with Crippen LogP contribution < -0.4 is 5.56 Å². The number of hydrogen-bond donors (Lipinski definition) is 0. The van der Waals surface area contributed by atoms with Gasteiger partial charge >= 0.3 is 0 Å². The number of nitrogens with zero attached hydrogens (tertiary/aromatic N) is 6. The van der Waals surface area contributed by atoms with Gasteiger partial charge in [-0.1, -0.05) is 54.6 Å². The SMILES string of the molecule is O=c1ccccn1-c1nc(-c2ccc3ccccc3n2)c2cccc(-c3ccccn3)c2c1-c1cnccn1. The fourth-order valence-corrected chi connectivity index (χ4v) is 4.93. The number of pyridine rings is 4. The third kappa shape index (κ3) is 3.93. The number of rotatable bonds is 4. The van der Waals surface area contributed by atoms with Crippen molar-refractivity contribution in [3.63, 3.8) is 0 Å². The zero-order valence-electron chi connectivity index (χ0n) is 20.6. The van der Waals surface area contributed by atoms with E-state index >= 15 is 0 Å². The second-order valence-corrected chi connectivity index (χ2v) is 8.99. The smallest absolute Gasteiger partial charge is 0.256 e. The molecule has 7 heteroatoms. The molecule has 0 amide bonds. The summed E-state index contributed by atoms with van der Waals surface area (Å²) < 4.78 is 1.54. The molecule has 39 heavy (non-hydrogen) atoms. The van der Waals surface area contributed by atoms with Crippen LogP contribution in [0.25, 0.3) is 61.4 Å². The molecule has 0 unspecified atom stereocenters. The van der Waals surface area contributed by atoms with Crippen LogP contribution in [0.15, 0.2) is 127 Å². The number of para-hydroxylation sites is 1. The van der Waals surface area contributed by atoms with Gasteiger partial charge in [0.15, 0.2) is 5.82 Å². The summed E-state index contributed by atoms with van der Waals surface area (Å²) in [6.45, 7) is 0. The molecule has 0 atom stereocenters. The van der Waals surface area contributed by atoms with E-state index in [-0.39, 0.29) is 5.56 Å². The first-order valence-electron chi connectivity index (χ1n) is 12.5. The van der Waals surface area contributed by atoms with E-state index in [0.717, 1.165) is 32.9 Å². The zero-order chi connectivity index (χ0) is 26.2. The van der Waals surface area contributed by atoms with Crippen LogP contribution in [0.2, 0.25) is 0 Å². The minimum atomic E-state index is -0.206. The minimum absolute atomic E-state index is 0.206. The van der Waals surface area contributed by atoms with Crippen molar-refractivity contribution in [2.45, 2.75) is 0 Å². The normalized spacial score (nSPS) is 11.2. The fourth-order valence-electron chi connectivity index (χ4n) is 4.93. The second kappa shape index (κ2) is 9.39. The molecule has 0 aliphatic carbocycles. The maximum absolute atomic E-state index is 13.2. The van der Waals surface area contributed by atoms with Crippen LogP contribution in [-0.4, -0.2) is 29.5 Å². The van der Waals surface area contributed by atoms with Crippen LogP contribution in [0.1, 0.15) is 0 Å². The highest BCUT2D eigenvalue weighted by Gasteiger charge is 2.23. The first-order valence-corrected chi connectivity index (χ1v) is 12.5. The maximum atomic E-state index is 13.2. The lowest BCUT2D eigenvalue weighted by Gasteiger charge is -2.19. The van der Waals surface area contributed by atoms with E-state index in [1.54, 1.807) is 41.6 Å². The number of aromatic nitrogens is 6. The molecule has 0 radical (unpaired) electrons. The van der Waals surface area contributed by atoms with Crippen molar-refractivity contribution in [2.24, 2.45) is 0 Å². The van der Waals surface area contributed by atoms with Crippen LogP contribution >= 0.6 is 0 Å². The summed E-state index contributed by atoms with van der Waals surface area (Å²) >= 11 is 0. The molecule has 7 aromatic rings. The van der Waals surface area contributed by atoms with Gasteiger partial charge in [0.25, 0.3) is 5.56 Å². The Labute approximate surface area is 223 Å². The van der Waals surface area contributed by atoms with Gasteiger partial charge in [-0.2, -0.15) is 0 Å². The summed E-state index contributed by atoms with van der Waals surface area (Å²) in [5, 5.41) is 2.77. The molecule has 7 nitrogen and oxygen atoms in total. The van der Waals surface area contributed by atoms with Gasteiger partial charge in [0.05, 0.1) is 40.1 Å². The number of benzene rings is 2. The molecule has 0 bridgehead atoms. The molecular weight excluding hydrogens is 484 g/mol. The average Bonchev–Trinajstić information content (AvgIpc) is 3.01. The van der Waals surface area contributed by atoms with Gasteiger partial charge in [0.1, 0.15) is 0 Å². The Morgan fingerprint density at radius 2 is 1.51 bits per heavy atom. The average molecular weight is 505 g/mol. The topological polar surface area (TPSA) is 86.5 Å². The van der Waals surface area contributed by atoms with Gasteiger partial charge in [-0.25, -0.2) is 9.97 Å². The number of hydrogen-bond acceptors (Lipinski definition) is 6. The molecule has 0 fully saturated rings. The molecule has 0 spiro atoms. The van der Waals surface area contributed by atoms with Crippen molar-refractivity contribution in [3.05, 3.63) is 132 Å². The van der Waals surface area contributed by atoms with Crippen LogP contribution in [-0.2, 0) is 0 Å². The molecule has 5 aromatic heterocycles. The Morgan fingerprint density at radius 3 is 2.36 bits per heavy atom. The van der Waals surface area contributed by atoms with Gasteiger partial charge in [0.2, 0.25) is 0 Å². The van der Waals surface area contributed by atoms with Crippen LogP contribution in [0, 0.1) is 0 Å². The first kappa shape index (κ1) is 22.6. The lowest BCUT2D eigenvalue weighted by molar-refractivity contribution is 0.946. The Hall–Kier alpha value is -5.56. The van der Waals surface area contributed by atoms with E-state index in [0.29, 0.717) is 28.5 Å². The summed E-state index contributed by atoms with van der Waals surface area (Å²) in [5.41, 5.74) is 5.00. The highest BCUT2D eigenvalue weighted by atomic mass is 16.1. The van der Waals surface area contributed by atoms with Crippen molar-refractivity contribution >= 4 is 21.7 Å². The van der Waals surface area contributed by atoms with E-state index in [9.17, 15) is 4.79 Å². The Bertz CT molecular complexity index is 2040. The number of fused-ring (bicyclic) bond motifs is 2. The van der Waals surface area contributed by atoms with Gasteiger partial charge in [-0.05, 0) is 30.3 Å². The zero-order valence-corrected chi connectivity index (χ0v) is 20.6. The molecule has 0 saturated carbocycles. The third-order valence-electron chi connectivity index (χ3n) is 6.66. The van der Waals surface area contributed by atoms with E-state index < -0.39 is 0 Å². The van der Waals surface area contributed by atoms with E-state index in [1.807, 2.05) is 78.9 Å². The summed E-state index contributed by atoms with van der Waals surface area (Å²) in [6, 6.07) is 28.9. The van der Waals surface area contributed by atoms with Gasteiger partial charge in [0, 0.05) is 52.6 Å². The van der Waals surface area contributed by atoms with Crippen molar-refractivity contribution in [2.75, 3.05) is 0 Å². The molecule has 0 saturated heterocycles. The third-order valence-corrected chi connectivity index (χ3v) is 6.66. The van der Waals surface area contributed by atoms with Crippen LogP contribution in [0.3, 0.4) is 0 Å². The fraction of sp³-hybridized carbons (Fsp3) is 0. The van der Waals surface area contributed by atoms with Crippen LogP contribution in [0.4, 0.5) is 0 Å². The van der Waals surface area contributed by atoms with E-state index in [1.165, 1.54) is 6.07 Å². The summed E-state index contributed by atoms with van der Waals surface area (Å²) in [6.07, 6.45) is 8.45. The Balaban J connectivity index is 1.68. The van der Waals surface area contributed by atoms with Crippen molar-refractivity contribution < 1.29 is 0 Å². The minimum Gasteiger partial charge on any atom is -0.269 e. The van der Waals surface area contributed by atoms with Crippen molar-refractivity contribution in [1.29, 1.82) is 0 Å². The molecule has 184 valence electrons. The molecule has 7 rings (SSSR count). The van der Waals surface area contributed by atoms with Gasteiger partial charge in [-0.15, -0.1) is 0 Å². The molecule has 0 aliphatic heterocycles. The van der Waals surface area contributed by atoms with Crippen molar-refractivity contribution in [3.8, 4) is 39.7 Å². The summed E-state index contributed by atoms with van der Waals surface area (Å²) in [4.78, 5) is 36.9. The molecular formula is C32H20N6O. The first-order chi connectivity index (χ1) is 19.3. The maximum Gasteiger partial charge on any atom is 0.256 e. The molecule has 2 aromatic carbocycles. The summed E-state index contributed by atoms with van der Waals surface area (Å²) in [7, 11) is 0. The Kier molecular flexibility index (Phi) is 5.45. The van der Waals surface area contributed by atoms with Gasteiger partial charge in [-0.3, -0.25) is 24.3 Å². The second-order valence-electron chi connectivity index (χ2n) is 8.99. The van der Waals surface area contributed by atoms with Crippen molar-refractivity contribution in [1.82, 2.24) is 29.5 Å². The summed E-state index contributed by atoms with van der Waals surface area (Å²) in [5.74, 6) is 0.446. The lowest BCUT2D eigenvalue weighted by atomic mass is 9.94. The highest BCUT2D eigenvalue weighted by Crippen LogP contribution is 2.41. The highest BCUT2D eigenvalue weighted by molar-refractivity contribution is 6.12. The monoisotopic (exact) mass is 504 g/mol. The van der Waals surface area contributed by atoms with E-state index in [4.69, 9.17) is 9.97 Å².